The fourth-order valence-corrected chi connectivity index (χ4v) is 1.77. The summed E-state index contributed by atoms with van der Waals surface area (Å²) in [7, 11) is 0. The molecule has 2 heterocycles. The maximum atomic E-state index is 10.5. The number of furan rings is 1. The molecule has 16 heavy (non-hydrogen) atoms. The molecule has 0 aliphatic carbocycles. The minimum Gasteiger partial charge on any atom is -0.481 e. The first kappa shape index (κ1) is 11.2. The van der Waals surface area contributed by atoms with Crippen LogP contribution in [0.15, 0.2) is 16.7 Å². The second-order valence-electron chi connectivity index (χ2n) is 3.88. The fraction of sp³-hybridized carbons (Fsp3) is 0.545. The maximum Gasteiger partial charge on any atom is 0.311 e. The third kappa shape index (κ3) is 3.08. The average molecular weight is 225 g/mol. The SMILES string of the molecule is O=C(O)Cc1cc(CN2CCOCC2)co1. The van der Waals surface area contributed by atoms with Gasteiger partial charge in [0.25, 0.3) is 0 Å². The molecule has 0 spiro atoms. The lowest BCUT2D eigenvalue weighted by Crippen LogP contribution is -2.35. The molecule has 1 N–H and O–H groups in total. The number of rotatable bonds is 4. The Labute approximate surface area is 93.6 Å². The molecule has 0 aromatic carbocycles. The molecule has 88 valence electrons. The average Bonchev–Trinajstić information content (AvgIpc) is 2.66. The molecule has 1 aromatic heterocycles. The first-order valence-corrected chi connectivity index (χ1v) is 5.32. The minimum absolute atomic E-state index is 0.0525. The minimum atomic E-state index is -0.868. The summed E-state index contributed by atoms with van der Waals surface area (Å²) < 4.78 is 10.4. The number of morpholine rings is 1. The molecular formula is C11H15NO4. The molecule has 0 amide bonds. The zero-order valence-corrected chi connectivity index (χ0v) is 9.02. The number of hydrogen-bond donors (Lipinski definition) is 1. The highest BCUT2D eigenvalue weighted by atomic mass is 16.5. The van der Waals surface area contributed by atoms with Crippen LogP contribution < -0.4 is 0 Å². The Kier molecular flexibility index (Phi) is 3.58. The molecule has 0 saturated carbocycles. The molecule has 1 aromatic rings. The molecule has 5 nitrogen and oxygen atoms in total. The van der Waals surface area contributed by atoms with Gasteiger partial charge in [-0.25, -0.2) is 0 Å². The molecule has 0 unspecified atom stereocenters. The molecule has 1 fully saturated rings. The van der Waals surface area contributed by atoms with Gasteiger partial charge in [0.2, 0.25) is 0 Å². The van der Waals surface area contributed by atoms with E-state index in [-0.39, 0.29) is 6.42 Å². The molecule has 5 heteroatoms. The third-order valence-corrected chi connectivity index (χ3v) is 2.54. The first-order valence-electron chi connectivity index (χ1n) is 5.32. The van der Waals surface area contributed by atoms with E-state index in [1.54, 1.807) is 6.26 Å². The molecule has 1 saturated heterocycles. The predicted octanol–water partition coefficient (Wildman–Crippen LogP) is 0.739. The largest absolute Gasteiger partial charge is 0.481 e. The van der Waals surface area contributed by atoms with Gasteiger partial charge in [0.1, 0.15) is 12.2 Å². The van der Waals surface area contributed by atoms with Crippen molar-refractivity contribution in [2.24, 2.45) is 0 Å². The second-order valence-corrected chi connectivity index (χ2v) is 3.88. The van der Waals surface area contributed by atoms with Crippen LogP contribution in [-0.4, -0.2) is 42.3 Å². The number of carboxylic acid groups (broad SMARTS) is 1. The van der Waals surface area contributed by atoms with Crippen molar-refractivity contribution in [3.63, 3.8) is 0 Å². The lowest BCUT2D eigenvalue weighted by Gasteiger charge is -2.25. The maximum absolute atomic E-state index is 10.5. The normalized spacial score (nSPS) is 17.5. The van der Waals surface area contributed by atoms with E-state index in [4.69, 9.17) is 14.3 Å². The lowest BCUT2D eigenvalue weighted by atomic mass is 10.2. The number of ether oxygens (including phenoxy) is 1. The van der Waals surface area contributed by atoms with Crippen molar-refractivity contribution in [1.82, 2.24) is 4.90 Å². The van der Waals surface area contributed by atoms with Gasteiger partial charge in [0.15, 0.2) is 0 Å². The van der Waals surface area contributed by atoms with Crippen molar-refractivity contribution >= 4 is 5.97 Å². The lowest BCUT2D eigenvalue weighted by molar-refractivity contribution is -0.136. The summed E-state index contributed by atoms with van der Waals surface area (Å²) in [5.41, 5.74) is 1.03. The van der Waals surface area contributed by atoms with Crippen LogP contribution in [0.1, 0.15) is 11.3 Å². The Morgan fingerprint density at radius 2 is 2.19 bits per heavy atom. The molecule has 0 atom stereocenters. The van der Waals surface area contributed by atoms with Crippen molar-refractivity contribution in [3.8, 4) is 0 Å². The summed E-state index contributed by atoms with van der Waals surface area (Å²) in [6.45, 7) is 4.16. The van der Waals surface area contributed by atoms with E-state index in [1.807, 2.05) is 6.07 Å². The Hall–Kier alpha value is -1.33. The molecule has 0 radical (unpaired) electrons. The topological polar surface area (TPSA) is 62.9 Å². The zero-order chi connectivity index (χ0) is 11.4. The highest BCUT2D eigenvalue weighted by molar-refractivity contribution is 5.69. The van der Waals surface area contributed by atoms with Crippen LogP contribution in [0.2, 0.25) is 0 Å². The van der Waals surface area contributed by atoms with E-state index in [0.29, 0.717) is 5.76 Å². The van der Waals surface area contributed by atoms with Crippen molar-refractivity contribution in [2.75, 3.05) is 26.3 Å². The van der Waals surface area contributed by atoms with E-state index in [1.165, 1.54) is 0 Å². The Morgan fingerprint density at radius 1 is 1.44 bits per heavy atom. The van der Waals surface area contributed by atoms with Crippen LogP contribution in [0.5, 0.6) is 0 Å². The van der Waals surface area contributed by atoms with Gasteiger partial charge in [-0.3, -0.25) is 9.69 Å². The number of nitrogens with zero attached hydrogens (tertiary/aromatic N) is 1. The van der Waals surface area contributed by atoms with Crippen LogP contribution in [0.25, 0.3) is 0 Å². The van der Waals surface area contributed by atoms with Gasteiger partial charge in [-0.15, -0.1) is 0 Å². The van der Waals surface area contributed by atoms with Crippen molar-refractivity contribution in [1.29, 1.82) is 0 Å². The number of carbonyl (C=O) groups is 1. The van der Waals surface area contributed by atoms with Gasteiger partial charge in [0.05, 0.1) is 19.5 Å². The van der Waals surface area contributed by atoms with E-state index in [0.717, 1.165) is 38.4 Å². The van der Waals surface area contributed by atoms with Gasteiger partial charge >= 0.3 is 5.97 Å². The molecular weight excluding hydrogens is 210 g/mol. The third-order valence-electron chi connectivity index (χ3n) is 2.54. The van der Waals surface area contributed by atoms with E-state index < -0.39 is 5.97 Å². The van der Waals surface area contributed by atoms with Gasteiger partial charge in [-0.05, 0) is 6.07 Å². The van der Waals surface area contributed by atoms with Crippen molar-refractivity contribution < 1.29 is 19.1 Å². The van der Waals surface area contributed by atoms with Crippen LogP contribution in [0.4, 0.5) is 0 Å². The standard InChI is InChI=1S/C11H15NO4/c13-11(14)6-10-5-9(8-16-10)7-12-1-3-15-4-2-12/h5,8H,1-4,6-7H2,(H,13,14). The summed E-state index contributed by atoms with van der Waals surface area (Å²) in [6, 6.07) is 1.81. The van der Waals surface area contributed by atoms with Gasteiger partial charge < -0.3 is 14.3 Å². The molecule has 1 aliphatic rings. The van der Waals surface area contributed by atoms with Crippen LogP contribution in [0.3, 0.4) is 0 Å². The highest BCUT2D eigenvalue weighted by Crippen LogP contribution is 2.12. The fourth-order valence-electron chi connectivity index (χ4n) is 1.77. The van der Waals surface area contributed by atoms with E-state index in [2.05, 4.69) is 4.90 Å². The van der Waals surface area contributed by atoms with Crippen molar-refractivity contribution in [2.45, 2.75) is 13.0 Å². The Morgan fingerprint density at radius 3 is 2.88 bits per heavy atom. The first-order chi connectivity index (χ1) is 7.74. The summed E-state index contributed by atoms with van der Waals surface area (Å²) >= 11 is 0. The van der Waals surface area contributed by atoms with Gasteiger partial charge in [-0.1, -0.05) is 0 Å². The number of carboxylic acids is 1. The molecule has 0 bridgehead atoms. The van der Waals surface area contributed by atoms with Gasteiger partial charge in [0, 0.05) is 25.2 Å². The smallest absolute Gasteiger partial charge is 0.311 e. The Bertz CT molecular complexity index is 355. The molecule has 2 rings (SSSR count). The highest BCUT2D eigenvalue weighted by Gasteiger charge is 2.13. The zero-order valence-electron chi connectivity index (χ0n) is 9.02. The number of hydrogen-bond acceptors (Lipinski definition) is 4. The monoisotopic (exact) mass is 225 g/mol. The summed E-state index contributed by atoms with van der Waals surface area (Å²) in [5.74, 6) is -0.358. The van der Waals surface area contributed by atoms with Crippen molar-refractivity contribution in [3.05, 3.63) is 23.7 Å². The van der Waals surface area contributed by atoms with Crippen LogP contribution in [0, 0.1) is 0 Å². The summed E-state index contributed by atoms with van der Waals surface area (Å²) in [4.78, 5) is 12.7. The number of aliphatic carboxylic acids is 1. The van der Waals surface area contributed by atoms with E-state index >= 15 is 0 Å². The van der Waals surface area contributed by atoms with Crippen LogP contribution >= 0.6 is 0 Å². The van der Waals surface area contributed by atoms with Gasteiger partial charge in [-0.2, -0.15) is 0 Å². The predicted molar refractivity (Wildman–Crippen MR) is 56.1 cm³/mol. The summed E-state index contributed by atoms with van der Waals surface area (Å²) in [5, 5.41) is 8.61. The quantitative estimate of drug-likeness (QED) is 0.818. The molecule has 1 aliphatic heterocycles. The second kappa shape index (κ2) is 5.14. The van der Waals surface area contributed by atoms with E-state index in [9.17, 15) is 4.79 Å². The Balaban J connectivity index is 1.88. The van der Waals surface area contributed by atoms with Crippen LogP contribution in [-0.2, 0) is 22.5 Å². The summed E-state index contributed by atoms with van der Waals surface area (Å²) in [6.07, 6.45) is 1.58.